The van der Waals surface area contributed by atoms with Crippen LogP contribution < -0.4 is 0 Å². The topological polar surface area (TPSA) is 17.1 Å². The van der Waals surface area contributed by atoms with Crippen molar-refractivity contribution in [2.75, 3.05) is 0 Å². The van der Waals surface area contributed by atoms with Gasteiger partial charge in [-0.2, -0.15) is 0 Å². The summed E-state index contributed by atoms with van der Waals surface area (Å²) < 4.78 is 0. The van der Waals surface area contributed by atoms with Gasteiger partial charge >= 0.3 is 0 Å². The molecule has 0 unspecified atom stereocenters. The summed E-state index contributed by atoms with van der Waals surface area (Å²) in [5.74, 6) is 12.3. The van der Waals surface area contributed by atoms with Crippen molar-refractivity contribution >= 4 is 6.29 Å². The van der Waals surface area contributed by atoms with Crippen molar-refractivity contribution in [3.05, 3.63) is 0 Å². The van der Waals surface area contributed by atoms with Crippen LogP contribution in [0.4, 0.5) is 0 Å². The van der Waals surface area contributed by atoms with Gasteiger partial charge < -0.3 is 0 Å². The molecule has 1 nitrogen and oxygen atoms in total. The fourth-order valence-electron chi connectivity index (χ4n) is 2.50. The highest BCUT2D eigenvalue weighted by atomic mass is 16.1. The van der Waals surface area contributed by atoms with Crippen LogP contribution in [0.25, 0.3) is 0 Å². The van der Waals surface area contributed by atoms with E-state index in [-0.39, 0.29) is 0 Å². The van der Waals surface area contributed by atoms with E-state index in [0.717, 1.165) is 25.7 Å². The minimum absolute atomic E-state index is 0.600. The summed E-state index contributed by atoms with van der Waals surface area (Å²) in [6, 6.07) is 0. The van der Waals surface area contributed by atoms with Gasteiger partial charge in [0.15, 0.2) is 6.29 Å². The summed E-state index contributed by atoms with van der Waals surface area (Å²) in [4.78, 5) is 10.0. The first-order valence-corrected chi connectivity index (χ1v) is 9.72. The Morgan fingerprint density at radius 1 is 0.522 bits per heavy atom. The normalized spacial score (nSPS) is 9.61. The minimum atomic E-state index is 0.600. The van der Waals surface area contributed by atoms with Crippen molar-refractivity contribution in [3.8, 4) is 23.7 Å². The zero-order valence-electron chi connectivity index (χ0n) is 15.2. The fourth-order valence-corrected chi connectivity index (χ4v) is 2.50. The first-order chi connectivity index (χ1) is 11.4. The molecule has 23 heavy (non-hydrogen) atoms. The van der Waals surface area contributed by atoms with E-state index in [2.05, 4.69) is 30.6 Å². The zero-order chi connectivity index (χ0) is 16.8. The van der Waals surface area contributed by atoms with E-state index in [4.69, 9.17) is 0 Å². The number of rotatable bonds is 15. The monoisotopic (exact) mass is 315 g/mol. The molecular formula is C22H35O. The number of carbonyl (C=O) groups excluding carboxylic acids is 1. The number of hydrogen-bond acceptors (Lipinski definition) is 1. The maximum atomic E-state index is 10.0. The van der Waals surface area contributed by atoms with Gasteiger partial charge in [0.2, 0.25) is 0 Å². The van der Waals surface area contributed by atoms with E-state index in [1.807, 2.05) is 6.29 Å². The van der Waals surface area contributed by atoms with Crippen LogP contribution >= 0.6 is 0 Å². The van der Waals surface area contributed by atoms with Crippen LogP contribution in [0.3, 0.4) is 0 Å². The lowest BCUT2D eigenvalue weighted by atomic mass is 10.1. The molecule has 0 amide bonds. The summed E-state index contributed by atoms with van der Waals surface area (Å²) in [7, 11) is 0. The molecule has 0 saturated carbocycles. The molecule has 0 N–H and O–H groups in total. The summed E-state index contributed by atoms with van der Waals surface area (Å²) >= 11 is 0. The molecule has 0 rings (SSSR count). The van der Waals surface area contributed by atoms with E-state index in [1.54, 1.807) is 0 Å². The van der Waals surface area contributed by atoms with Gasteiger partial charge in [-0.15, -0.1) is 0 Å². The van der Waals surface area contributed by atoms with Crippen molar-refractivity contribution in [1.82, 2.24) is 0 Å². The van der Waals surface area contributed by atoms with Gasteiger partial charge in [0.1, 0.15) is 0 Å². The molecule has 0 aromatic carbocycles. The first kappa shape index (κ1) is 21.8. The molecule has 0 atom stereocenters. The van der Waals surface area contributed by atoms with E-state index in [1.165, 1.54) is 70.6 Å². The third kappa shape index (κ3) is 20.8. The molecule has 0 aliphatic heterocycles. The van der Waals surface area contributed by atoms with Crippen LogP contribution in [0.1, 0.15) is 110 Å². The Morgan fingerprint density at radius 2 is 0.913 bits per heavy atom. The Bertz CT molecular complexity index is 361. The fraction of sp³-hybridized carbons (Fsp3) is 0.773. The van der Waals surface area contributed by atoms with Crippen molar-refractivity contribution in [3.63, 3.8) is 0 Å². The van der Waals surface area contributed by atoms with Crippen LogP contribution in [-0.4, -0.2) is 6.29 Å². The van der Waals surface area contributed by atoms with Crippen LogP contribution in [-0.2, 0) is 4.79 Å². The highest BCUT2D eigenvalue weighted by Gasteiger charge is 1.91. The van der Waals surface area contributed by atoms with E-state index in [9.17, 15) is 4.79 Å². The molecule has 1 heteroatoms. The molecule has 0 aliphatic carbocycles. The third-order valence-corrected chi connectivity index (χ3v) is 3.98. The maximum Gasteiger partial charge on any atom is 0.198 e. The highest BCUT2D eigenvalue weighted by Crippen LogP contribution is 2.08. The average molecular weight is 316 g/mol. The zero-order valence-corrected chi connectivity index (χ0v) is 15.2. The largest absolute Gasteiger partial charge is 0.291 e. The van der Waals surface area contributed by atoms with Gasteiger partial charge in [-0.25, -0.2) is 0 Å². The smallest absolute Gasteiger partial charge is 0.198 e. The van der Waals surface area contributed by atoms with E-state index < -0.39 is 0 Å². The Morgan fingerprint density at radius 3 is 1.35 bits per heavy atom. The van der Waals surface area contributed by atoms with Gasteiger partial charge in [-0.1, -0.05) is 83.0 Å². The predicted molar refractivity (Wildman–Crippen MR) is 101 cm³/mol. The molecule has 0 fully saturated rings. The molecule has 0 saturated heterocycles. The van der Waals surface area contributed by atoms with Gasteiger partial charge in [0, 0.05) is 19.3 Å². The van der Waals surface area contributed by atoms with Gasteiger partial charge in [-0.05, 0) is 31.1 Å². The summed E-state index contributed by atoms with van der Waals surface area (Å²) in [5, 5.41) is 0. The van der Waals surface area contributed by atoms with Crippen LogP contribution in [0, 0.1) is 23.7 Å². The molecule has 129 valence electrons. The third-order valence-electron chi connectivity index (χ3n) is 3.98. The van der Waals surface area contributed by atoms with Crippen molar-refractivity contribution < 1.29 is 4.79 Å². The summed E-state index contributed by atoms with van der Waals surface area (Å²) in [6.45, 7) is 2.26. The Hall–Kier alpha value is -1.21. The second-order valence-electron chi connectivity index (χ2n) is 6.24. The second kappa shape index (κ2) is 20.8. The first-order valence-electron chi connectivity index (χ1n) is 9.72. The van der Waals surface area contributed by atoms with Crippen molar-refractivity contribution in [2.24, 2.45) is 0 Å². The number of hydrogen-bond donors (Lipinski definition) is 0. The SMILES string of the molecule is CCCCCCCCCC#CC#CCCCCCCCC[C]=O. The highest BCUT2D eigenvalue weighted by molar-refractivity contribution is 5.50. The van der Waals surface area contributed by atoms with Gasteiger partial charge in [-0.3, -0.25) is 4.79 Å². The molecule has 0 heterocycles. The number of unbranched alkanes of at least 4 members (excludes halogenated alkanes) is 14. The Kier molecular flexibility index (Phi) is 19.7. The maximum absolute atomic E-state index is 10.0. The van der Waals surface area contributed by atoms with E-state index in [0.29, 0.717) is 6.42 Å². The summed E-state index contributed by atoms with van der Waals surface area (Å²) in [5.41, 5.74) is 0. The quantitative estimate of drug-likeness (QED) is 0.254. The molecule has 1 radical (unpaired) electrons. The predicted octanol–water partition coefficient (Wildman–Crippen LogP) is 6.36. The lowest BCUT2D eigenvalue weighted by Gasteiger charge is -1.97. The van der Waals surface area contributed by atoms with Crippen molar-refractivity contribution in [2.45, 2.75) is 110 Å². The summed E-state index contributed by atoms with van der Waals surface area (Å²) in [6.07, 6.45) is 21.0. The van der Waals surface area contributed by atoms with Gasteiger partial charge in [0.05, 0.1) is 0 Å². The Balaban J connectivity index is 3.24. The van der Waals surface area contributed by atoms with Gasteiger partial charge in [0.25, 0.3) is 0 Å². The van der Waals surface area contributed by atoms with Crippen LogP contribution in [0.2, 0.25) is 0 Å². The molecular weight excluding hydrogens is 280 g/mol. The molecule has 0 aliphatic rings. The Labute approximate surface area is 145 Å². The van der Waals surface area contributed by atoms with E-state index >= 15 is 0 Å². The standard InChI is InChI=1S/C22H35O/c1-2-3-4-5-6-7-8-9-10-11-12-13-14-15-16-17-18-19-20-21-22-23/h2-9,14-21H2,1H3. The average Bonchev–Trinajstić information content (AvgIpc) is 2.57. The van der Waals surface area contributed by atoms with Crippen LogP contribution in [0.5, 0.6) is 0 Å². The second-order valence-corrected chi connectivity index (χ2v) is 6.24. The molecule has 0 bridgehead atoms. The van der Waals surface area contributed by atoms with Crippen molar-refractivity contribution in [1.29, 1.82) is 0 Å². The molecule has 0 aromatic rings. The van der Waals surface area contributed by atoms with Crippen LogP contribution in [0.15, 0.2) is 0 Å². The lowest BCUT2D eigenvalue weighted by Crippen LogP contribution is -1.80. The molecule has 0 spiro atoms. The lowest BCUT2D eigenvalue weighted by molar-refractivity contribution is 0.541. The minimum Gasteiger partial charge on any atom is -0.291 e. The molecule has 0 aromatic heterocycles.